The van der Waals surface area contributed by atoms with Crippen molar-refractivity contribution in [2.45, 2.75) is 6.18 Å². The first-order valence-corrected chi connectivity index (χ1v) is 5.16. The monoisotopic (exact) mass is 269 g/mol. The highest BCUT2D eigenvalue weighted by molar-refractivity contribution is 5.81. The second-order valence-corrected chi connectivity index (χ2v) is 3.83. The number of nitrogen functional groups attached to an aromatic ring is 2. The molecule has 1 aromatic heterocycles. The van der Waals surface area contributed by atoms with E-state index in [1.165, 1.54) is 18.2 Å². The largest absolute Gasteiger partial charge is 0.416 e. The predicted octanol–water partition coefficient (Wildman–Crippen LogP) is 1.89. The van der Waals surface area contributed by atoms with E-state index in [0.29, 0.717) is 0 Å². The van der Waals surface area contributed by atoms with Gasteiger partial charge in [-0.05, 0) is 12.1 Å². The predicted molar refractivity (Wildman–Crippen MR) is 64.4 cm³/mol. The van der Waals surface area contributed by atoms with E-state index in [2.05, 4.69) is 5.10 Å². The molecule has 0 bridgehead atoms. The Balaban J connectivity index is 2.48. The Kier molecular flexibility index (Phi) is 2.93. The van der Waals surface area contributed by atoms with Gasteiger partial charge < -0.3 is 11.5 Å². The van der Waals surface area contributed by atoms with Gasteiger partial charge in [0.2, 0.25) is 5.96 Å². The van der Waals surface area contributed by atoms with Crippen LogP contribution in [0, 0.1) is 5.41 Å². The van der Waals surface area contributed by atoms with Gasteiger partial charge in [-0.1, -0.05) is 12.1 Å². The lowest BCUT2D eigenvalue weighted by molar-refractivity contribution is -0.137. The normalized spacial score (nSPS) is 11.5. The number of nitrogens with one attached hydrogen (secondary N) is 1. The molecular formula is C11H10F3N5. The number of anilines is 1. The van der Waals surface area contributed by atoms with Crippen LogP contribution in [0.4, 0.5) is 19.0 Å². The van der Waals surface area contributed by atoms with Crippen LogP contribution in [-0.2, 0) is 6.18 Å². The van der Waals surface area contributed by atoms with E-state index >= 15 is 0 Å². The van der Waals surface area contributed by atoms with Crippen molar-refractivity contribution in [3.05, 3.63) is 35.9 Å². The molecule has 1 heterocycles. The summed E-state index contributed by atoms with van der Waals surface area (Å²) in [4.78, 5) is 0. The first-order valence-electron chi connectivity index (χ1n) is 5.16. The average Bonchev–Trinajstić information content (AvgIpc) is 2.70. The molecule has 0 fully saturated rings. The number of alkyl halides is 3. The summed E-state index contributed by atoms with van der Waals surface area (Å²) < 4.78 is 38.7. The molecule has 0 aliphatic carbocycles. The third kappa shape index (κ3) is 2.51. The Morgan fingerprint density at radius 1 is 1.26 bits per heavy atom. The van der Waals surface area contributed by atoms with Crippen LogP contribution in [0.2, 0.25) is 0 Å². The van der Waals surface area contributed by atoms with Gasteiger partial charge in [-0.15, -0.1) is 0 Å². The molecule has 2 aromatic rings. The van der Waals surface area contributed by atoms with Crippen molar-refractivity contribution in [2.75, 3.05) is 5.73 Å². The highest BCUT2D eigenvalue weighted by atomic mass is 19.4. The van der Waals surface area contributed by atoms with E-state index in [-0.39, 0.29) is 17.1 Å². The van der Waals surface area contributed by atoms with Crippen LogP contribution in [-0.4, -0.2) is 15.7 Å². The van der Waals surface area contributed by atoms with Gasteiger partial charge >= 0.3 is 6.18 Å². The Morgan fingerprint density at radius 3 is 2.47 bits per heavy atom. The Labute approximate surface area is 106 Å². The summed E-state index contributed by atoms with van der Waals surface area (Å²) in [6.45, 7) is 0. The van der Waals surface area contributed by atoms with Crippen molar-refractivity contribution in [1.29, 1.82) is 5.41 Å². The summed E-state index contributed by atoms with van der Waals surface area (Å²) in [5.74, 6) is -0.323. The molecule has 0 radical (unpaired) electrons. The fourth-order valence-corrected chi connectivity index (χ4v) is 1.58. The van der Waals surface area contributed by atoms with Crippen LogP contribution in [0.15, 0.2) is 30.3 Å². The van der Waals surface area contributed by atoms with Crippen LogP contribution in [0.1, 0.15) is 5.56 Å². The number of halogens is 3. The van der Waals surface area contributed by atoms with Gasteiger partial charge in [0.05, 0.1) is 11.3 Å². The summed E-state index contributed by atoms with van der Waals surface area (Å²) in [5.41, 5.74) is 10.5. The molecule has 0 amide bonds. The Hall–Kier alpha value is -2.51. The maximum absolute atomic E-state index is 12.6. The van der Waals surface area contributed by atoms with Crippen molar-refractivity contribution in [3.63, 3.8) is 0 Å². The molecule has 0 aliphatic heterocycles. The lowest BCUT2D eigenvalue weighted by Crippen LogP contribution is -2.23. The topological polar surface area (TPSA) is 93.7 Å². The zero-order valence-electron chi connectivity index (χ0n) is 9.57. The van der Waals surface area contributed by atoms with Crippen molar-refractivity contribution in [1.82, 2.24) is 9.78 Å². The van der Waals surface area contributed by atoms with E-state index < -0.39 is 17.7 Å². The molecule has 5 N–H and O–H groups in total. The van der Waals surface area contributed by atoms with Gasteiger partial charge in [0, 0.05) is 11.6 Å². The first-order chi connectivity index (χ1) is 8.79. The molecule has 0 unspecified atom stereocenters. The minimum atomic E-state index is -4.43. The van der Waals surface area contributed by atoms with Crippen LogP contribution in [0.25, 0.3) is 11.3 Å². The first kappa shape index (κ1) is 12.9. The number of aromatic nitrogens is 2. The minimum Gasteiger partial charge on any atom is -0.383 e. The fourth-order valence-electron chi connectivity index (χ4n) is 1.58. The van der Waals surface area contributed by atoms with Gasteiger partial charge in [-0.2, -0.15) is 23.0 Å². The number of hydrogen-bond acceptors (Lipinski definition) is 3. The van der Waals surface area contributed by atoms with Crippen LogP contribution >= 0.6 is 0 Å². The van der Waals surface area contributed by atoms with Crippen molar-refractivity contribution in [3.8, 4) is 11.3 Å². The zero-order chi connectivity index (χ0) is 14.2. The van der Waals surface area contributed by atoms with Gasteiger partial charge in [0.25, 0.3) is 0 Å². The summed E-state index contributed by atoms with van der Waals surface area (Å²) in [6, 6.07) is 6.04. The van der Waals surface area contributed by atoms with E-state index in [1.54, 1.807) is 0 Å². The number of nitrogens with zero attached hydrogens (tertiary/aromatic N) is 2. The van der Waals surface area contributed by atoms with E-state index in [4.69, 9.17) is 16.9 Å². The van der Waals surface area contributed by atoms with Crippen molar-refractivity contribution >= 4 is 11.8 Å². The molecular weight excluding hydrogens is 259 g/mol. The van der Waals surface area contributed by atoms with Crippen molar-refractivity contribution in [2.24, 2.45) is 5.73 Å². The lowest BCUT2D eigenvalue weighted by Gasteiger charge is -2.07. The third-order valence-electron chi connectivity index (χ3n) is 2.45. The Morgan fingerprint density at radius 2 is 1.95 bits per heavy atom. The number of hydrogen-bond donors (Lipinski definition) is 3. The van der Waals surface area contributed by atoms with E-state index in [1.807, 2.05) is 0 Å². The third-order valence-corrected chi connectivity index (χ3v) is 2.45. The van der Waals surface area contributed by atoms with E-state index in [0.717, 1.165) is 16.8 Å². The Bertz CT molecular complexity index is 630. The van der Waals surface area contributed by atoms with E-state index in [9.17, 15) is 13.2 Å². The molecule has 0 spiro atoms. The summed E-state index contributed by atoms with van der Waals surface area (Å²) in [7, 11) is 0. The zero-order valence-corrected chi connectivity index (χ0v) is 9.57. The molecule has 0 saturated carbocycles. The maximum atomic E-state index is 12.6. The van der Waals surface area contributed by atoms with Crippen LogP contribution in [0.3, 0.4) is 0 Å². The van der Waals surface area contributed by atoms with Gasteiger partial charge in [-0.25, -0.2) is 0 Å². The number of rotatable bonds is 1. The highest BCUT2D eigenvalue weighted by Crippen LogP contribution is 2.32. The standard InChI is InChI=1S/C11H10F3N5/c12-11(13,14)7-3-1-2-6(4-7)8-5-9(15)19(18-8)10(16)17/h1-5H,15H2,(H3,16,17). The fraction of sp³-hybridized carbons (Fsp3) is 0.0909. The molecule has 100 valence electrons. The molecule has 0 saturated heterocycles. The van der Waals surface area contributed by atoms with Gasteiger partial charge in [-0.3, -0.25) is 5.41 Å². The molecule has 0 atom stereocenters. The molecule has 19 heavy (non-hydrogen) atoms. The highest BCUT2D eigenvalue weighted by Gasteiger charge is 2.30. The van der Waals surface area contributed by atoms with Crippen LogP contribution < -0.4 is 11.5 Å². The molecule has 8 heteroatoms. The second kappa shape index (κ2) is 4.30. The van der Waals surface area contributed by atoms with Gasteiger partial charge in [0.1, 0.15) is 5.82 Å². The SMILES string of the molecule is N=C(N)n1nc(-c2cccc(C(F)(F)F)c2)cc1N. The lowest BCUT2D eigenvalue weighted by atomic mass is 10.1. The smallest absolute Gasteiger partial charge is 0.383 e. The quantitative estimate of drug-likeness (QED) is 0.545. The molecule has 0 aliphatic rings. The molecule has 5 nitrogen and oxygen atoms in total. The van der Waals surface area contributed by atoms with Gasteiger partial charge in [0.15, 0.2) is 0 Å². The number of benzene rings is 1. The minimum absolute atomic E-state index is 0.0833. The summed E-state index contributed by atoms with van der Waals surface area (Å²) in [6.07, 6.45) is -4.43. The molecule has 1 aromatic carbocycles. The maximum Gasteiger partial charge on any atom is 0.416 e. The number of nitrogens with two attached hydrogens (primary N) is 2. The molecule has 2 rings (SSSR count). The average molecular weight is 269 g/mol. The second-order valence-electron chi connectivity index (χ2n) is 3.83. The summed E-state index contributed by atoms with van der Waals surface area (Å²) in [5, 5.41) is 11.1. The van der Waals surface area contributed by atoms with Crippen LogP contribution in [0.5, 0.6) is 0 Å². The van der Waals surface area contributed by atoms with Crippen molar-refractivity contribution < 1.29 is 13.2 Å². The summed E-state index contributed by atoms with van der Waals surface area (Å²) >= 11 is 0.